The van der Waals surface area contributed by atoms with Gasteiger partial charge >= 0.3 is 6.03 Å². The highest BCUT2D eigenvalue weighted by atomic mass is 16.2. The Bertz CT molecular complexity index is 1000. The van der Waals surface area contributed by atoms with Crippen molar-refractivity contribution in [1.82, 2.24) is 10.2 Å². The van der Waals surface area contributed by atoms with Gasteiger partial charge in [-0.25, -0.2) is 9.69 Å². The van der Waals surface area contributed by atoms with Crippen molar-refractivity contribution < 1.29 is 14.4 Å². The van der Waals surface area contributed by atoms with Crippen LogP contribution in [-0.4, -0.2) is 29.3 Å². The molecule has 0 unspecified atom stereocenters. The van der Waals surface area contributed by atoms with Gasteiger partial charge < -0.3 is 10.6 Å². The summed E-state index contributed by atoms with van der Waals surface area (Å²) in [6.45, 7) is 8.03. The molecule has 1 aliphatic rings. The van der Waals surface area contributed by atoms with E-state index in [-0.39, 0.29) is 17.7 Å². The van der Waals surface area contributed by atoms with Crippen molar-refractivity contribution in [2.75, 3.05) is 11.9 Å². The van der Waals surface area contributed by atoms with Gasteiger partial charge in [0.2, 0.25) is 5.91 Å². The Morgan fingerprint density at radius 3 is 2.37 bits per heavy atom. The third-order valence-corrected chi connectivity index (χ3v) is 5.02. The van der Waals surface area contributed by atoms with E-state index in [1.807, 2.05) is 49.4 Å². The molecular weight excluding hydrogens is 378 g/mol. The normalized spacial score (nSPS) is 15.5. The maximum absolute atomic E-state index is 12.7. The van der Waals surface area contributed by atoms with Crippen molar-refractivity contribution in [3.05, 3.63) is 70.9 Å². The molecule has 1 saturated heterocycles. The smallest absolute Gasteiger partial charge is 0.324 e. The fraction of sp³-hybridized carbons (Fsp3) is 0.292. The number of anilines is 1. The van der Waals surface area contributed by atoms with Crippen LogP contribution in [0.15, 0.2) is 54.2 Å². The molecule has 0 aliphatic carbocycles. The molecule has 0 saturated carbocycles. The molecule has 6 heteroatoms. The van der Waals surface area contributed by atoms with Crippen LogP contribution in [0.1, 0.15) is 44.4 Å². The van der Waals surface area contributed by atoms with E-state index in [4.69, 9.17) is 0 Å². The molecule has 2 aromatic carbocycles. The van der Waals surface area contributed by atoms with Crippen LogP contribution in [0.5, 0.6) is 0 Å². The lowest BCUT2D eigenvalue weighted by Crippen LogP contribution is -2.38. The molecule has 0 aromatic heterocycles. The van der Waals surface area contributed by atoms with Crippen LogP contribution in [0.4, 0.5) is 10.5 Å². The average Bonchev–Trinajstić information content (AvgIpc) is 2.95. The van der Waals surface area contributed by atoms with Crippen molar-refractivity contribution in [2.45, 2.75) is 39.5 Å². The van der Waals surface area contributed by atoms with Crippen LogP contribution in [-0.2, 0) is 21.4 Å². The Morgan fingerprint density at radius 1 is 1.07 bits per heavy atom. The Hall–Kier alpha value is -3.41. The molecule has 2 aromatic rings. The largest absolute Gasteiger partial charge is 0.329 e. The van der Waals surface area contributed by atoms with Crippen molar-refractivity contribution >= 4 is 29.6 Å². The van der Waals surface area contributed by atoms with Crippen LogP contribution in [0.3, 0.4) is 0 Å². The molecule has 1 aliphatic heterocycles. The van der Waals surface area contributed by atoms with E-state index in [0.29, 0.717) is 5.69 Å². The minimum absolute atomic E-state index is 0.0314. The second-order valence-corrected chi connectivity index (χ2v) is 8.31. The standard InChI is InChI=1S/C24H27N3O3/c1-5-17-8-6-7-9-19(17)25-21(28)15-27-22(29)20(26-23(27)30)14-16-10-12-18(13-11-16)24(2,3)4/h6-14H,5,15H2,1-4H3,(H,25,28)(H,26,30)/b20-14+. The van der Waals surface area contributed by atoms with E-state index in [0.717, 1.165) is 22.4 Å². The first-order valence-corrected chi connectivity index (χ1v) is 10.0. The number of nitrogens with zero attached hydrogens (tertiary/aromatic N) is 1. The van der Waals surface area contributed by atoms with Crippen LogP contribution in [0.2, 0.25) is 0 Å². The predicted molar refractivity (Wildman–Crippen MR) is 118 cm³/mol. The molecule has 6 nitrogen and oxygen atoms in total. The topological polar surface area (TPSA) is 78.5 Å². The first kappa shape index (κ1) is 21.3. The third kappa shape index (κ3) is 4.76. The predicted octanol–water partition coefficient (Wildman–Crippen LogP) is 4.08. The molecule has 1 fully saturated rings. The molecule has 0 bridgehead atoms. The lowest BCUT2D eigenvalue weighted by Gasteiger charge is -2.18. The summed E-state index contributed by atoms with van der Waals surface area (Å²) in [5.74, 6) is -0.936. The number of aryl methyl sites for hydroxylation is 1. The minimum Gasteiger partial charge on any atom is -0.324 e. The number of hydrogen-bond acceptors (Lipinski definition) is 3. The summed E-state index contributed by atoms with van der Waals surface area (Å²) in [6, 6.07) is 14.7. The maximum Gasteiger partial charge on any atom is 0.329 e. The number of amides is 4. The van der Waals surface area contributed by atoms with Gasteiger partial charge in [0, 0.05) is 5.69 Å². The average molecular weight is 405 g/mol. The summed E-state index contributed by atoms with van der Waals surface area (Å²) >= 11 is 0. The third-order valence-electron chi connectivity index (χ3n) is 5.02. The quantitative estimate of drug-likeness (QED) is 0.581. The van der Waals surface area contributed by atoms with Gasteiger partial charge in [0.25, 0.3) is 5.91 Å². The summed E-state index contributed by atoms with van der Waals surface area (Å²) in [6.07, 6.45) is 2.39. The van der Waals surface area contributed by atoms with Crippen molar-refractivity contribution in [1.29, 1.82) is 0 Å². The highest BCUT2D eigenvalue weighted by molar-refractivity contribution is 6.16. The van der Waals surface area contributed by atoms with Crippen molar-refractivity contribution in [3.8, 4) is 0 Å². The molecule has 0 atom stereocenters. The van der Waals surface area contributed by atoms with Crippen LogP contribution in [0.25, 0.3) is 6.08 Å². The summed E-state index contributed by atoms with van der Waals surface area (Å²) in [5, 5.41) is 5.34. The number of urea groups is 1. The maximum atomic E-state index is 12.7. The molecule has 2 N–H and O–H groups in total. The number of imide groups is 1. The summed E-state index contributed by atoms with van der Waals surface area (Å²) in [4.78, 5) is 38.2. The molecule has 30 heavy (non-hydrogen) atoms. The van der Waals surface area contributed by atoms with Crippen molar-refractivity contribution in [2.24, 2.45) is 0 Å². The molecular formula is C24H27N3O3. The van der Waals surface area contributed by atoms with Crippen LogP contribution < -0.4 is 10.6 Å². The number of benzene rings is 2. The second kappa shape index (κ2) is 8.53. The summed E-state index contributed by atoms with van der Waals surface area (Å²) < 4.78 is 0. The first-order valence-electron chi connectivity index (χ1n) is 10.0. The number of hydrogen-bond donors (Lipinski definition) is 2. The Morgan fingerprint density at radius 2 is 1.73 bits per heavy atom. The van der Waals surface area contributed by atoms with Gasteiger partial charge in [0.1, 0.15) is 12.2 Å². The van der Waals surface area contributed by atoms with Gasteiger partial charge in [0.05, 0.1) is 0 Å². The first-order chi connectivity index (χ1) is 14.2. The number of para-hydroxylation sites is 1. The number of rotatable bonds is 5. The summed E-state index contributed by atoms with van der Waals surface area (Å²) in [7, 11) is 0. The fourth-order valence-corrected chi connectivity index (χ4v) is 3.25. The molecule has 0 spiro atoms. The number of carbonyl (C=O) groups excluding carboxylic acids is 3. The Balaban J connectivity index is 1.70. The molecule has 4 amide bonds. The number of carbonyl (C=O) groups is 3. The lowest BCUT2D eigenvalue weighted by atomic mass is 9.87. The van der Waals surface area contributed by atoms with Gasteiger partial charge in [-0.1, -0.05) is 70.2 Å². The van der Waals surface area contributed by atoms with Gasteiger partial charge in [-0.2, -0.15) is 0 Å². The molecule has 156 valence electrons. The lowest BCUT2D eigenvalue weighted by molar-refractivity contribution is -0.127. The highest BCUT2D eigenvalue weighted by Gasteiger charge is 2.35. The SMILES string of the molecule is CCc1ccccc1NC(=O)CN1C(=O)N/C(=C/c2ccc(C(C)(C)C)cc2)C1=O. The zero-order valence-electron chi connectivity index (χ0n) is 17.8. The van der Waals surface area contributed by atoms with E-state index in [1.54, 1.807) is 12.1 Å². The molecule has 1 heterocycles. The van der Waals surface area contributed by atoms with Gasteiger partial charge in [0.15, 0.2) is 0 Å². The summed E-state index contributed by atoms with van der Waals surface area (Å²) in [5.41, 5.74) is 3.84. The van der Waals surface area contributed by atoms with E-state index in [9.17, 15) is 14.4 Å². The van der Waals surface area contributed by atoms with E-state index < -0.39 is 17.8 Å². The molecule has 3 rings (SSSR count). The van der Waals surface area contributed by atoms with Gasteiger partial charge in [-0.3, -0.25) is 9.59 Å². The van der Waals surface area contributed by atoms with Crippen LogP contribution >= 0.6 is 0 Å². The highest BCUT2D eigenvalue weighted by Crippen LogP contribution is 2.23. The molecule has 0 radical (unpaired) electrons. The van der Waals surface area contributed by atoms with E-state index in [2.05, 4.69) is 31.4 Å². The Labute approximate surface area is 177 Å². The van der Waals surface area contributed by atoms with Crippen molar-refractivity contribution in [3.63, 3.8) is 0 Å². The number of nitrogens with one attached hydrogen (secondary N) is 2. The fourth-order valence-electron chi connectivity index (χ4n) is 3.25. The van der Waals surface area contributed by atoms with Crippen LogP contribution in [0, 0.1) is 0 Å². The second-order valence-electron chi connectivity index (χ2n) is 8.31. The minimum atomic E-state index is -0.600. The van der Waals surface area contributed by atoms with E-state index >= 15 is 0 Å². The zero-order chi connectivity index (χ0) is 21.9. The van der Waals surface area contributed by atoms with Gasteiger partial charge in [-0.15, -0.1) is 0 Å². The Kier molecular flexibility index (Phi) is 6.06. The van der Waals surface area contributed by atoms with E-state index in [1.165, 1.54) is 5.56 Å². The van der Waals surface area contributed by atoms with Gasteiger partial charge in [-0.05, 0) is 40.7 Å². The zero-order valence-corrected chi connectivity index (χ0v) is 17.8. The monoisotopic (exact) mass is 405 g/mol.